The molecule has 0 aliphatic heterocycles. The SMILES string of the molecule is CC(C)Oc1cccc(C(=O)NC(C)(C)C)c1. The van der Waals surface area contributed by atoms with Crippen molar-refractivity contribution in [3.05, 3.63) is 29.8 Å². The summed E-state index contributed by atoms with van der Waals surface area (Å²) in [7, 11) is 0. The van der Waals surface area contributed by atoms with E-state index in [0.717, 1.165) is 5.75 Å². The maximum atomic E-state index is 11.9. The molecule has 94 valence electrons. The van der Waals surface area contributed by atoms with Gasteiger partial charge in [0.25, 0.3) is 5.91 Å². The summed E-state index contributed by atoms with van der Waals surface area (Å²) in [5.41, 5.74) is 0.393. The third-order valence-corrected chi connectivity index (χ3v) is 1.96. The largest absolute Gasteiger partial charge is 0.491 e. The maximum absolute atomic E-state index is 11.9. The summed E-state index contributed by atoms with van der Waals surface area (Å²) in [4.78, 5) is 11.9. The van der Waals surface area contributed by atoms with Crippen LogP contribution in [0.5, 0.6) is 5.75 Å². The predicted molar refractivity (Wildman–Crippen MR) is 69.4 cm³/mol. The van der Waals surface area contributed by atoms with Crippen LogP contribution in [-0.4, -0.2) is 17.6 Å². The zero-order valence-corrected chi connectivity index (χ0v) is 11.2. The minimum absolute atomic E-state index is 0.0771. The summed E-state index contributed by atoms with van der Waals surface area (Å²) in [5, 5.41) is 2.92. The molecule has 0 radical (unpaired) electrons. The van der Waals surface area contributed by atoms with E-state index in [9.17, 15) is 4.79 Å². The molecule has 3 heteroatoms. The second kappa shape index (κ2) is 5.21. The zero-order chi connectivity index (χ0) is 13.1. The van der Waals surface area contributed by atoms with Crippen molar-refractivity contribution in [3.63, 3.8) is 0 Å². The fourth-order valence-electron chi connectivity index (χ4n) is 1.40. The van der Waals surface area contributed by atoms with E-state index in [-0.39, 0.29) is 17.6 Å². The second-order valence-electron chi connectivity index (χ2n) is 5.40. The van der Waals surface area contributed by atoms with Crippen molar-refractivity contribution in [2.45, 2.75) is 46.3 Å². The molecule has 0 heterocycles. The van der Waals surface area contributed by atoms with Gasteiger partial charge in [0.2, 0.25) is 0 Å². The van der Waals surface area contributed by atoms with E-state index in [0.29, 0.717) is 5.56 Å². The predicted octanol–water partition coefficient (Wildman–Crippen LogP) is 3.00. The smallest absolute Gasteiger partial charge is 0.251 e. The zero-order valence-electron chi connectivity index (χ0n) is 11.2. The Labute approximate surface area is 103 Å². The molecule has 0 atom stereocenters. The van der Waals surface area contributed by atoms with Crippen molar-refractivity contribution < 1.29 is 9.53 Å². The van der Waals surface area contributed by atoms with E-state index in [1.54, 1.807) is 12.1 Å². The van der Waals surface area contributed by atoms with Crippen LogP contribution in [-0.2, 0) is 0 Å². The second-order valence-corrected chi connectivity index (χ2v) is 5.40. The van der Waals surface area contributed by atoms with Crippen LogP contribution in [0.15, 0.2) is 24.3 Å². The van der Waals surface area contributed by atoms with Crippen LogP contribution in [0.4, 0.5) is 0 Å². The van der Waals surface area contributed by atoms with Crippen LogP contribution in [0, 0.1) is 0 Å². The quantitative estimate of drug-likeness (QED) is 0.874. The molecule has 0 saturated heterocycles. The van der Waals surface area contributed by atoms with Gasteiger partial charge in [-0.3, -0.25) is 4.79 Å². The molecule has 1 rings (SSSR count). The lowest BCUT2D eigenvalue weighted by atomic mass is 10.1. The molecule has 1 amide bonds. The van der Waals surface area contributed by atoms with Gasteiger partial charge in [0.15, 0.2) is 0 Å². The lowest BCUT2D eigenvalue weighted by molar-refractivity contribution is 0.0919. The van der Waals surface area contributed by atoms with Crippen molar-refractivity contribution in [1.82, 2.24) is 5.32 Å². The Kier molecular flexibility index (Phi) is 4.16. The van der Waals surface area contributed by atoms with E-state index in [2.05, 4.69) is 5.32 Å². The first kappa shape index (κ1) is 13.6. The Morgan fingerprint density at radius 2 is 1.94 bits per heavy atom. The normalized spacial score (nSPS) is 11.4. The van der Waals surface area contributed by atoms with Gasteiger partial charge in [-0.15, -0.1) is 0 Å². The number of ether oxygens (including phenoxy) is 1. The monoisotopic (exact) mass is 235 g/mol. The number of hydrogen-bond donors (Lipinski definition) is 1. The Morgan fingerprint density at radius 1 is 1.29 bits per heavy atom. The molecule has 0 aromatic heterocycles. The Bertz CT molecular complexity index is 391. The van der Waals surface area contributed by atoms with E-state index >= 15 is 0 Å². The highest BCUT2D eigenvalue weighted by atomic mass is 16.5. The fourth-order valence-corrected chi connectivity index (χ4v) is 1.40. The molecule has 0 saturated carbocycles. The summed E-state index contributed by atoms with van der Waals surface area (Å²) < 4.78 is 5.56. The van der Waals surface area contributed by atoms with Crippen LogP contribution < -0.4 is 10.1 Å². The van der Waals surface area contributed by atoms with Gasteiger partial charge in [0.1, 0.15) is 5.75 Å². The van der Waals surface area contributed by atoms with Crippen LogP contribution in [0.25, 0.3) is 0 Å². The fraction of sp³-hybridized carbons (Fsp3) is 0.500. The molecule has 0 bridgehead atoms. The summed E-state index contributed by atoms with van der Waals surface area (Å²) in [6.07, 6.45) is 0.107. The molecule has 0 spiro atoms. The molecule has 0 aliphatic rings. The van der Waals surface area contributed by atoms with Gasteiger partial charge in [-0.25, -0.2) is 0 Å². The van der Waals surface area contributed by atoms with Crippen LogP contribution in [0.3, 0.4) is 0 Å². The maximum Gasteiger partial charge on any atom is 0.251 e. The first-order valence-electron chi connectivity index (χ1n) is 5.87. The first-order valence-corrected chi connectivity index (χ1v) is 5.87. The Hall–Kier alpha value is -1.51. The van der Waals surface area contributed by atoms with E-state index < -0.39 is 0 Å². The van der Waals surface area contributed by atoms with Crippen LogP contribution >= 0.6 is 0 Å². The van der Waals surface area contributed by atoms with Gasteiger partial charge in [-0.1, -0.05) is 6.07 Å². The molecule has 0 unspecified atom stereocenters. The topological polar surface area (TPSA) is 38.3 Å². The summed E-state index contributed by atoms with van der Waals surface area (Å²) >= 11 is 0. The van der Waals surface area contributed by atoms with Crippen LogP contribution in [0.2, 0.25) is 0 Å². The van der Waals surface area contributed by atoms with Crippen molar-refractivity contribution in [3.8, 4) is 5.75 Å². The van der Waals surface area contributed by atoms with Crippen molar-refractivity contribution in [2.24, 2.45) is 0 Å². The summed E-state index contributed by atoms with van der Waals surface area (Å²) in [6, 6.07) is 7.23. The molecule has 0 aliphatic carbocycles. The first-order chi connectivity index (χ1) is 7.78. The molecule has 0 fully saturated rings. The molecule has 17 heavy (non-hydrogen) atoms. The number of nitrogens with one attached hydrogen (secondary N) is 1. The van der Waals surface area contributed by atoms with Gasteiger partial charge in [0, 0.05) is 11.1 Å². The molecule has 1 aromatic carbocycles. The third-order valence-electron chi connectivity index (χ3n) is 1.96. The number of rotatable bonds is 3. The number of carbonyl (C=O) groups excluding carboxylic acids is 1. The molecular weight excluding hydrogens is 214 g/mol. The van der Waals surface area contributed by atoms with Crippen molar-refractivity contribution in [1.29, 1.82) is 0 Å². The average molecular weight is 235 g/mol. The molecule has 1 aromatic rings. The van der Waals surface area contributed by atoms with Crippen molar-refractivity contribution in [2.75, 3.05) is 0 Å². The van der Waals surface area contributed by atoms with Crippen molar-refractivity contribution >= 4 is 5.91 Å². The van der Waals surface area contributed by atoms with Crippen LogP contribution in [0.1, 0.15) is 45.0 Å². The number of amides is 1. The highest BCUT2D eigenvalue weighted by Crippen LogP contribution is 2.15. The molecule has 1 N–H and O–H groups in total. The summed E-state index contributed by atoms with van der Waals surface area (Å²) in [6.45, 7) is 9.79. The minimum Gasteiger partial charge on any atom is -0.491 e. The molecule has 3 nitrogen and oxygen atoms in total. The Balaban J connectivity index is 2.81. The van der Waals surface area contributed by atoms with Gasteiger partial charge in [-0.2, -0.15) is 0 Å². The summed E-state index contributed by atoms with van der Waals surface area (Å²) in [5.74, 6) is 0.647. The highest BCUT2D eigenvalue weighted by Gasteiger charge is 2.15. The lowest BCUT2D eigenvalue weighted by Crippen LogP contribution is -2.40. The number of carbonyl (C=O) groups is 1. The minimum atomic E-state index is -0.230. The standard InChI is InChI=1S/C14H21NO2/c1-10(2)17-12-8-6-7-11(9-12)13(16)15-14(3,4)5/h6-10H,1-5H3,(H,15,16). The third kappa shape index (κ3) is 4.89. The van der Waals surface area contributed by atoms with E-state index in [4.69, 9.17) is 4.74 Å². The number of benzene rings is 1. The van der Waals surface area contributed by atoms with Gasteiger partial charge in [-0.05, 0) is 52.8 Å². The van der Waals surface area contributed by atoms with Gasteiger partial charge >= 0.3 is 0 Å². The van der Waals surface area contributed by atoms with Gasteiger partial charge < -0.3 is 10.1 Å². The highest BCUT2D eigenvalue weighted by molar-refractivity contribution is 5.95. The van der Waals surface area contributed by atoms with E-state index in [1.165, 1.54) is 0 Å². The average Bonchev–Trinajstić information content (AvgIpc) is 2.14. The molecular formula is C14H21NO2. The van der Waals surface area contributed by atoms with Gasteiger partial charge in [0.05, 0.1) is 6.10 Å². The lowest BCUT2D eigenvalue weighted by Gasteiger charge is -2.20. The number of hydrogen-bond acceptors (Lipinski definition) is 2. The van der Waals surface area contributed by atoms with E-state index in [1.807, 2.05) is 46.8 Å². The Morgan fingerprint density at radius 3 is 2.47 bits per heavy atom.